The molecule has 138 valence electrons. The van der Waals surface area contributed by atoms with Crippen LogP contribution in [0.25, 0.3) is 0 Å². The first-order chi connectivity index (χ1) is 12.2. The van der Waals surface area contributed by atoms with Crippen molar-refractivity contribution < 1.29 is 27.9 Å². The second kappa shape index (κ2) is 8.05. The third kappa shape index (κ3) is 4.63. The van der Waals surface area contributed by atoms with Gasteiger partial charge in [0.25, 0.3) is 5.91 Å². The highest BCUT2D eigenvalue weighted by Gasteiger charge is 2.22. The summed E-state index contributed by atoms with van der Waals surface area (Å²) in [6, 6.07) is 2.67. The number of carbonyl (C=O) groups excluding carboxylic acids is 3. The highest BCUT2D eigenvalue weighted by Crippen LogP contribution is 2.33. The fourth-order valence-corrected chi connectivity index (χ4v) is 3.20. The zero-order valence-electron chi connectivity index (χ0n) is 14.2. The second-order valence-electron chi connectivity index (χ2n) is 5.42. The summed E-state index contributed by atoms with van der Waals surface area (Å²) >= 11 is 1.22. The normalized spacial score (nSPS) is 10.3. The molecule has 1 heterocycles. The topological polar surface area (TPSA) is 84.5 Å². The quantitative estimate of drug-likeness (QED) is 0.777. The molecule has 0 aliphatic carbocycles. The number of thiophene rings is 1. The van der Waals surface area contributed by atoms with Crippen molar-refractivity contribution >= 4 is 39.8 Å². The second-order valence-corrected chi connectivity index (χ2v) is 6.64. The van der Waals surface area contributed by atoms with Gasteiger partial charge in [0.2, 0.25) is 5.91 Å². The SMILES string of the molecule is CC(=O)Nc1sc(C)c(C)c1C(=O)OCC(=O)Nc1ccc(F)cc1F. The number of amides is 2. The van der Waals surface area contributed by atoms with E-state index in [1.807, 2.05) is 0 Å². The van der Waals surface area contributed by atoms with Crippen LogP contribution in [-0.4, -0.2) is 24.4 Å². The number of nitrogens with one attached hydrogen (secondary N) is 2. The van der Waals surface area contributed by atoms with Crippen LogP contribution in [0.1, 0.15) is 27.7 Å². The lowest BCUT2D eigenvalue weighted by molar-refractivity contribution is -0.119. The van der Waals surface area contributed by atoms with Gasteiger partial charge in [-0.25, -0.2) is 13.6 Å². The molecule has 0 radical (unpaired) electrons. The monoisotopic (exact) mass is 382 g/mol. The van der Waals surface area contributed by atoms with Gasteiger partial charge >= 0.3 is 5.97 Å². The van der Waals surface area contributed by atoms with Crippen molar-refractivity contribution in [1.29, 1.82) is 0 Å². The number of benzene rings is 1. The van der Waals surface area contributed by atoms with E-state index in [4.69, 9.17) is 4.74 Å². The molecule has 0 atom stereocenters. The predicted molar refractivity (Wildman–Crippen MR) is 93.4 cm³/mol. The molecule has 0 saturated carbocycles. The van der Waals surface area contributed by atoms with Gasteiger partial charge in [-0.3, -0.25) is 9.59 Å². The molecule has 0 unspecified atom stereocenters. The van der Waals surface area contributed by atoms with E-state index in [9.17, 15) is 23.2 Å². The van der Waals surface area contributed by atoms with E-state index >= 15 is 0 Å². The van der Waals surface area contributed by atoms with E-state index in [-0.39, 0.29) is 17.2 Å². The van der Waals surface area contributed by atoms with Crippen LogP contribution in [0.3, 0.4) is 0 Å². The van der Waals surface area contributed by atoms with Gasteiger partial charge in [-0.2, -0.15) is 0 Å². The van der Waals surface area contributed by atoms with Gasteiger partial charge in [-0.1, -0.05) is 0 Å². The minimum atomic E-state index is -0.943. The number of carbonyl (C=O) groups is 3. The van der Waals surface area contributed by atoms with Gasteiger partial charge in [0, 0.05) is 17.9 Å². The summed E-state index contributed by atoms with van der Waals surface area (Å²) in [6.45, 7) is 4.13. The zero-order valence-corrected chi connectivity index (χ0v) is 15.1. The fraction of sp³-hybridized carbons (Fsp3) is 0.235. The van der Waals surface area contributed by atoms with Crippen molar-refractivity contribution in [3.05, 3.63) is 45.8 Å². The molecule has 2 rings (SSSR count). The average Bonchev–Trinajstić information content (AvgIpc) is 2.81. The van der Waals surface area contributed by atoms with Crippen molar-refractivity contribution in [2.75, 3.05) is 17.2 Å². The summed E-state index contributed by atoms with van der Waals surface area (Å²) in [4.78, 5) is 36.2. The summed E-state index contributed by atoms with van der Waals surface area (Å²) in [6.07, 6.45) is 0. The molecule has 0 spiro atoms. The van der Waals surface area contributed by atoms with Crippen molar-refractivity contribution in [3.63, 3.8) is 0 Å². The maximum atomic E-state index is 13.5. The van der Waals surface area contributed by atoms with Gasteiger partial charge in [0.1, 0.15) is 16.6 Å². The molecule has 26 heavy (non-hydrogen) atoms. The largest absolute Gasteiger partial charge is 0.452 e. The van der Waals surface area contributed by atoms with Crippen LogP contribution in [0, 0.1) is 25.5 Å². The highest BCUT2D eigenvalue weighted by atomic mass is 32.1. The Morgan fingerprint density at radius 2 is 1.85 bits per heavy atom. The van der Waals surface area contributed by atoms with Crippen LogP contribution in [0.2, 0.25) is 0 Å². The molecule has 1 aromatic heterocycles. The number of aryl methyl sites for hydroxylation is 1. The van der Waals surface area contributed by atoms with E-state index in [1.165, 1.54) is 18.3 Å². The molecule has 1 aromatic carbocycles. The number of hydrogen-bond donors (Lipinski definition) is 2. The zero-order chi connectivity index (χ0) is 19.4. The molecule has 2 amide bonds. The highest BCUT2D eigenvalue weighted by molar-refractivity contribution is 7.16. The Labute approximate surface area is 152 Å². The molecular formula is C17H16F2N2O4S. The number of anilines is 2. The molecule has 0 aliphatic heterocycles. The number of esters is 1. The number of hydrogen-bond acceptors (Lipinski definition) is 5. The average molecular weight is 382 g/mol. The molecule has 2 aromatic rings. The van der Waals surface area contributed by atoms with E-state index < -0.39 is 30.1 Å². The maximum Gasteiger partial charge on any atom is 0.341 e. The van der Waals surface area contributed by atoms with Gasteiger partial charge in [-0.05, 0) is 31.5 Å². The Kier molecular flexibility index (Phi) is 6.04. The fourth-order valence-electron chi connectivity index (χ4n) is 2.10. The predicted octanol–water partition coefficient (Wildman–Crippen LogP) is 3.40. The maximum absolute atomic E-state index is 13.5. The Bertz CT molecular complexity index is 880. The van der Waals surface area contributed by atoms with Gasteiger partial charge in [-0.15, -0.1) is 11.3 Å². The molecule has 0 aliphatic rings. The summed E-state index contributed by atoms with van der Waals surface area (Å²) in [5.74, 6) is -3.63. The molecule has 2 N–H and O–H groups in total. The summed E-state index contributed by atoms with van der Waals surface area (Å²) in [5.41, 5.74) is 0.575. The number of halogens is 2. The van der Waals surface area contributed by atoms with Gasteiger partial charge in [0.05, 0.1) is 11.3 Å². The van der Waals surface area contributed by atoms with Crippen molar-refractivity contribution in [2.24, 2.45) is 0 Å². The lowest BCUT2D eigenvalue weighted by Crippen LogP contribution is -2.22. The third-order valence-electron chi connectivity index (χ3n) is 3.42. The van der Waals surface area contributed by atoms with E-state index in [0.29, 0.717) is 16.6 Å². The molecular weight excluding hydrogens is 366 g/mol. The van der Waals surface area contributed by atoms with Crippen molar-refractivity contribution in [1.82, 2.24) is 0 Å². The first-order valence-electron chi connectivity index (χ1n) is 7.48. The minimum Gasteiger partial charge on any atom is -0.452 e. The van der Waals surface area contributed by atoms with E-state index in [1.54, 1.807) is 13.8 Å². The first kappa shape index (κ1) is 19.5. The lowest BCUT2D eigenvalue weighted by atomic mass is 10.1. The van der Waals surface area contributed by atoms with Gasteiger partial charge in [0.15, 0.2) is 6.61 Å². The third-order valence-corrected chi connectivity index (χ3v) is 4.54. The molecule has 9 heteroatoms. The smallest absolute Gasteiger partial charge is 0.341 e. The van der Waals surface area contributed by atoms with Crippen LogP contribution in [0.4, 0.5) is 19.5 Å². The van der Waals surface area contributed by atoms with Crippen molar-refractivity contribution in [3.8, 4) is 0 Å². The molecule has 0 fully saturated rings. The van der Waals surface area contributed by atoms with Crippen LogP contribution in [0.15, 0.2) is 18.2 Å². The van der Waals surface area contributed by atoms with Gasteiger partial charge < -0.3 is 15.4 Å². The standard InChI is InChI=1S/C17H16F2N2O4S/c1-8-9(2)26-16(20-10(3)22)15(8)17(24)25-7-14(23)21-13-5-4-11(18)6-12(13)19/h4-6H,7H2,1-3H3,(H,20,22)(H,21,23). The summed E-state index contributed by atoms with van der Waals surface area (Å²) in [5, 5.41) is 5.07. The minimum absolute atomic E-state index is 0.170. The van der Waals surface area contributed by atoms with Crippen LogP contribution < -0.4 is 10.6 Å². The van der Waals surface area contributed by atoms with Crippen LogP contribution >= 0.6 is 11.3 Å². The lowest BCUT2D eigenvalue weighted by Gasteiger charge is -2.09. The van der Waals surface area contributed by atoms with E-state index in [2.05, 4.69) is 10.6 Å². The summed E-state index contributed by atoms with van der Waals surface area (Å²) < 4.78 is 31.3. The summed E-state index contributed by atoms with van der Waals surface area (Å²) in [7, 11) is 0. The number of ether oxygens (including phenoxy) is 1. The Hall–Kier alpha value is -2.81. The first-order valence-corrected chi connectivity index (χ1v) is 8.30. The van der Waals surface area contributed by atoms with Crippen LogP contribution in [0.5, 0.6) is 0 Å². The van der Waals surface area contributed by atoms with Crippen LogP contribution in [-0.2, 0) is 14.3 Å². The Balaban J connectivity index is 2.04. The van der Waals surface area contributed by atoms with E-state index in [0.717, 1.165) is 17.0 Å². The Morgan fingerprint density at radius 3 is 2.46 bits per heavy atom. The molecule has 0 bridgehead atoms. The van der Waals surface area contributed by atoms with Crippen molar-refractivity contribution in [2.45, 2.75) is 20.8 Å². The number of rotatable bonds is 5. The Morgan fingerprint density at radius 1 is 1.15 bits per heavy atom. The molecule has 0 saturated heterocycles. The molecule has 6 nitrogen and oxygen atoms in total.